The van der Waals surface area contributed by atoms with Crippen LogP contribution in [-0.4, -0.2) is 42.8 Å². The minimum absolute atomic E-state index is 0.632. The number of hydrogen-bond donors (Lipinski definition) is 0. The van der Waals surface area contributed by atoms with Crippen LogP contribution in [0.3, 0.4) is 0 Å². The van der Waals surface area contributed by atoms with Crippen molar-refractivity contribution in [3.05, 3.63) is 66.0 Å². The summed E-state index contributed by atoms with van der Waals surface area (Å²) in [6.07, 6.45) is 5.69. The molecule has 0 fully saturated rings. The molecule has 0 aliphatic rings. The Morgan fingerprint density at radius 2 is 1.83 bits per heavy atom. The van der Waals surface area contributed by atoms with Crippen molar-refractivity contribution >= 4 is 5.71 Å². The van der Waals surface area contributed by atoms with Crippen LogP contribution >= 0.6 is 0 Å². The van der Waals surface area contributed by atoms with E-state index in [0.29, 0.717) is 6.61 Å². The van der Waals surface area contributed by atoms with E-state index in [4.69, 9.17) is 4.84 Å². The third-order valence-electron chi connectivity index (χ3n) is 3.70. The molecule has 2 rings (SSSR count). The molecule has 0 aliphatic carbocycles. The Hall–Kier alpha value is -2.20. The van der Waals surface area contributed by atoms with Gasteiger partial charge in [0.25, 0.3) is 0 Å². The molecule has 0 radical (unpaired) electrons. The summed E-state index contributed by atoms with van der Waals surface area (Å²) in [6, 6.07) is 16.4. The zero-order valence-corrected chi connectivity index (χ0v) is 14.7. The van der Waals surface area contributed by atoms with E-state index >= 15 is 0 Å². The van der Waals surface area contributed by atoms with E-state index < -0.39 is 0 Å². The van der Waals surface area contributed by atoms with Crippen LogP contribution in [0.15, 0.2) is 59.9 Å². The molecule has 24 heavy (non-hydrogen) atoms. The van der Waals surface area contributed by atoms with Crippen molar-refractivity contribution in [1.82, 2.24) is 9.88 Å². The van der Waals surface area contributed by atoms with Crippen LogP contribution in [0.2, 0.25) is 0 Å². The first-order valence-electron chi connectivity index (χ1n) is 8.54. The average Bonchev–Trinajstić information content (AvgIpc) is 2.61. The maximum Gasteiger partial charge on any atom is 0.118 e. The van der Waals surface area contributed by atoms with Crippen molar-refractivity contribution in [1.29, 1.82) is 0 Å². The van der Waals surface area contributed by atoms with Crippen LogP contribution in [0, 0.1) is 0 Å². The van der Waals surface area contributed by atoms with Crippen LogP contribution in [0.5, 0.6) is 0 Å². The SMILES string of the molecule is CN(C)CCCO/N=C(\CCCc1ccccc1)c1ccccn1. The molecule has 4 nitrogen and oxygen atoms in total. The molecule has 0 spiro atoms. The average molecular weight is 325 g/mol. The predicted octanol–water partition coefficient (Wildman–Crippen LogP) is 3.78. The Kier molecular flexibility index (Phi) is 7.98. The minimum atomic E-state index is 0.632. The van der Waals surface area contributed by atoms with Gasteiger partial charge in [-0.3, -0.25) is 4.98 Å². The first-order valence-corrected chi connectivity index (χ1v) is 8.54. The normalized spacial score (nSPS) is 11.7. The van der Waals surface area contributed by atoms with Gasteiger partial charge in [0.05, 0.1) is 5.69 Å². The van der Waals surface area contributed by atoms with Gasteiger partial charge in [-0.05, 0) is 57.5 Å². The maximum atomic E-state index is 5.52. The molecule has 1 heterocycles. The fraction of sp³-hybridized carbons (Fsp3) is 0.400. The lowest BCUT2D eigenvalue weighted by Crippen LogP contribution is -2.14. The number of aryl methyl sites for hydroxylation is 1. The van der Waals surface area contributed by atoms with Gasteiger partial charge >= 0.3 is 0 Å². The summed E-state index contributed by atoms with van der Waals surface area (Å²) in [5, 5.41) is 4.36. The van der Waals surface area contributed by atoms with Gasteiger partial charge in [0, 0.05) is 12.7 Å². The van der Waals surface area contributed by atoms with E-state index in [-0.39, 0.29) is 0 Å². The van der Waals surface area contributed by atoms with E-state index in [0.717, 1.165) is 43.6 Å². The maximum absolute atomic E-state index is 5.52. The molecule has 0 unspecified atom stereocenters. The molecule has 0 saturated carbocycles. The van der Waals surface area contributed by atoms with Crippen molar-refractivity contribution < 1.29 is 4.84 Å². The van der Waals surface area contributed by atoms with Crippen molar-refractivity contribution in [3.63, 3.8) is 0 Å². The Morgan fingerprint density at radius 3 is 2.54 bits per heavy atom. The van der Waals surface area contributed by atoms with Gasteiger partial charge in [-0.2, -0.15) is 0 Å². The summed E-state index contributed by atoms with van der Waals surface area (Å²) in [7, 11) is 4.12. The molecule has 128 valence electrons. The largest absolute Gasteiger partial charge is 0.395 e. The Morgan fingerprint density at radius 1 is 1.04 bits per heavy atom. The topological polar surface area (TPSA) is 37.7 Å². The highest BCUT2D eigenvalue weighted by Crippen LogP contribution is 2.09. The lowest BCUT2D eigenvalue weighted by molar-refractivity contribution is 0.134. The highest BCUT2D eigenvalue weighted by molar-refractivity contribution is 5.98. The molecule has 1 aromatic carbocycles. The number of rotatable bonds is 10. The second-order valence-electron chi connectivity index (χ2n) is 6.08. The van der Waals surface area contributed by atoms with E-state index in [1.54, 1.807) is 6.20 Å². The molecule has 0 amide bonds. The first-order chi connectivity index (χ1) is 11.8. The van der Waals surface area contributed by atoms with Crippen LogP contribution in [0.1, 0.15) is 30.5 Å². The Balaban J connectivity index is 1.88. The second kappa shape index (κ2) is 10.6. The lowest BCUT2D eigenvalue weighted by Gasteiger charge is -2.09. The molecule has 1 aromatic heterocycles. The lowest BCUT2D eigenvalue weighted by atomic mass is 10.0. The summed E-state index contributed by atoms with van der Waals surface area (Å²) in [5.74, 6) is 0. The molecule has 0 atom stereocenters. The summed E-state index contributed by atoms with van der Waals surface area (Å²) in [6.45, 7) is 1.63. The fourth-order valence-corrected chi connectivity index (χ4v) is 2.43. The molecule has 0 bridgehead atoms. The van der Waals surface area contributed by atoms with Crippen molar-refractivity contribution in [2.75, 3.05) is 27.2 Å². The third-order valence-corrected chi connectivity index (χ3v) is 3.70. The van der Waals surface area contributed by atoms with Crippen LogP contribution < -0.4 is 0 Å². The molecule has 2 aromatic rings. The molecule has 4 heteroatoms. The molecule has 0 N–H and O–H groups in total. The van der Waals surface area contributed by atoms with Gasteiger partial charge in [0.15, 0.2) is 0 Å². The number of pyridine rings is 1. The zero-order valence-electron chi connectivity index (χ0n) is 14.7. The monoisotopic (exact) mass is 325 g/mol. The quantitative estimate of drug-likeness (QED) is 0.379. The van der Waals surface area contributed by atoms with E-state index in [9.17, 15) is 0 Å². The smallest absolute Gasteiger partial charge is 0.118 e. The van der Waals surface area contributed by atoms with Gasteiger partial charge < -0.3 is 9.74 Å². The van der Waals surface area contributed by atoms with Crippen LogP contribution in [-0.2, 0) is 11.3 Å². The highest BCUT2D eigenvalue weighted by Gasteiger charge is 2.06. The molecule has 0 aliphatic heterocycles. The summed E-state index contributed by atoms with van der Waals surface area (Å²) in [5.41, 5.74) is 3.18. The highest BCUT2D eigenvalue weighted by atomic mass is 16.6. The third kappa shape index (κ3) is 6.92. The first kappa shape index (κ1) is 18.1. The second-order valence-corrected chi connectivity index (χ2v) is 6.08. The number of nitrogens with zero attached hydrogens (tertiary/aromatic N) is 3. The predicted molar refractivity (Wildman–Crippen MR) is 99.3 cm³/mol. The molecular weight excluding hydrogens is 298 g/mol. The van der Waals surface area contributed by atoms with Crippen LogP contribution in [0.25, 0.3) is 0 Å². The van der Waals surface area contributed by atoms with Gasteiger partial charge in [-0.1, -0.05) is 41.6 Å². The molecule has 0 saturated heterocycles. The van der Waals surface area contributed by atoms with Crippen molar-refractivity contribution in [3.8, 4) is 0 Å². The van der Waals surface area contributed by atoms with E-state index in [1.165, 1.54) is 5.56 Å². The fourth-order valence-electron chi connectivity index (χ4n) is 2.43. The summed E-state index contributed by atoms with van der Waals surface area (Å²) in [4.78, 5) is 12.1. The van der Waals surface area contributed by atoms with Gasteiger partial charge in [0.1, 0.15) is 12.3 Å². The Bertz CT molecular complexity index is 597. The Labute approximate surface area is 145 Å². The number of oxime groups is 1. The van der Waals surface area contributed by atoms with Gasteiger partial charge in [-0.15, -0.1) is 0 Å². The van der Waals surface area contributed by atoms with Crippen molar-refractivity contribution in [2.45, 2.75) is 25.7 Å². The van der Waals surface area contributed by atoms with Crippen molar-refractivity contribution in [2.24, 2.45) is 5.16 Å². The van der Waals surface area contributed by atoms with E-state index in [1.807, 2.05) is 24.3 Å². The molecular formula is C20H27N3O. The standard InChI is InChI=1S/C20H27N3O/c1-23(2)16-9-17-24-22-20(19-13-6-7-15-21-19)14-8-12-18-10-4-3-5-11-18/h3-7,10-11,13,15H,8-9,12,14,16-17H2,1-2H3/b22-20+. The zero-order chi connectivity index (χ0) is 17.0. The van der Waals surface area contributed by atoms with E-state index in [2.05, 4.69) is 53.4 Å². The van der Waals surface area contributed by atoms with Crippen LogP contribution in [0.4, 0.5) is 0 Å². The number of aromatic nitrogens is 1. The number of hydrogen-bond acceptors (Lipinski definition) is 4. The van der Waals surface area contributed by atoms with Gasteiger partial charge in [-0.25, -0.2) is 0 Å². The minimum Gasteiger partial charge on any atom is -0.395 e. The summed E-state index contributed by atoms with van der Waals surface area (Å²) >= 11 is 0. The number of benzene rings is 1. The summed E-state index contributed by atoms with van der Waals surface area (Å²) < 4.78 is 0. The van der Waals surface area contributed by atoms with Gasteiger partial charge in [0.2, 0.25) is 0 Å².